The van der Waals surface area contributed by atoms with Gasteiger partial charge in [-0.15, -0.1) is 0 Å². The Morgan fingerprint density at radius 2 is 1.96 bits per heavy atom. The number of aromatic amines is 1. The number of thiocarbonyl (C=S) groups is 1. The maximum Gasteiger partial charge on any atom is 0.169 e. The predicted molar refractivity (Wildman–Crippen MR) is 107 cm³/mol. The van der Waals surface area contributed by atoms with Crippen LogP contribution in [0.25, 0.3) is 11.0 Å². The highest BCUT2D eigenvalue weighted by molar-refractivity contribution is 7.80. The smallest absolute Gasteiger partial charge is 0.169 e. The van der Waals surface area contributed by atoms with Gasteiger partial charge < -0.3 is 15.2 Å². The Bertz CT molecular complexity index is 827. The molecule has 0 aliphatic carbocycles. The van der Waals surface area contributed by atoms with Crippen molar-refractivity contribution < 1.29 is 4.39 Å². The highest BCUT2D eigenvalue weighted by atomic mass is 32.1. The van der Waals surface area contributed by atoms with Crippen LogP contribution in [-0.4, -0.2) is 33.1 Å². The molecule has 4 nitrogen and oxygen atoms in total. The summed E-state index contributed by atoms with van der Waals surface area (Å²) in [5, 5.41) is 4.03. The van der Waals surface area contributed by atoms with E-state index in [2.05, 4.69) is 27.1 Å². The molecule has 3 aromatic rings. The lowest BCUT2D eigenvalue weighted by Crippen LogP contribution is -2.40. The molecule has 2 aromatic carbocycles. The second-order valence-corrected chi connectivity index (χ2v) is 6.62. The lowest BCUT2D eigenvalue weighted by Gasteiger charge is -2.25. The molecule has 0 aliphatic rings. The molecule has 0 fully saturated rings. The van der Waals surface area contributed by atoms with Gasteiger partial charge in [-0.1, -0.05) is 31.2 Å². The average molecular weight is 370 g/mol. The number of imidazole rings is 1. The van der Waals surface area contributed by atoms with Gasteiger partial charge in [-0.05, 0) is 48.5 Å². The molecule has 1 heterocycles. The lowest BCUT2D eigenvalue weighted by atomic mass is 10.2. The lowest BCUT2D eigenvalue weighted by molar-refractivity contribution is 0.404. The molecule has 0 unspecified atom stereocenters. The Morgan fingerprint density at radius 3 is 2.69 bits per heavy atom. The van der Waals surface area contributed by atoms with E-state index in [-0.39, 0.29) is 5.82 Å². The van der Waals surface area contributed by atoms with E-state index in [4.69, 9.17) is 12.2 Å². The van der Waals surface area contributed by atoms with Crippen LogP contribution in [0.5, 0.6) is 0 Å². The molecule has 1 aromatic heterocycles. The molecule has 0 atom stereocenters. The van der Waals surface area contributed by atoms with E-state index in [1.54, 1.807) is 12.1 Å². The average Bonchev–Trinajstić information content (AvgIpc) is 3.06. The fourth-order valence-electron chi connectivity index (χ4n) is 2.86. The van der Waals surface area contributed by atoms with Crippen LogP contribution in [0.3, 0.4) is 0 Å². The van der Waals surface area contributed by atoms with Gasteiger partial charge in [0, 0.05) is 26.1 Å². The van der Waals surface area contributed by atoms with Crippen LogP contribution < -0.4 is 5.32 Å². The van der Waals surface area contributed by atoms with E-state index in [9.17, 15) is 4.39 Å². The van der Waals surface area contributed by atoms with Crippen molar-refractivity contribution in [2.45, 2.75) is 26.3 Å². The van der Waals surface area contributed by atoms with Crippen LogP contribution in [0.15, 0.2) is 48.5 Å². The first-order valence-electron chi connectivity index (χ1n) is 8.86. The summed E-state index contributed by atoms with van der Waals surface area (Å²) in [6, 6.07) is 14.6. The SMILES string of the molecule is CCCN(Cc1ccc(F)cc1)C(=S)NCCc1nc2ccccc2[nH]1. The summed E-state index contributed by atoms with van der Waals surface area (Å²) < 4.78 is 13.1. The molecule has 0 saturated heterocycles. The standard InChI is InChI=1S/C20H23FN4S/c1-2-13-25(14-15-7-9-16(21)10-8-15)20(26)22-12-11-19-23-17-5-3-4-6-18(17)24-19/h3-10H,2,11-14H2,1H3,(H,22,26)(H,23,24). The van der Waals surface area contributed by atoms with Crippen molar-refractivity contribution in [2.75, 3.05) is 13.1 Å². The van der Waals surface area contributed by atoms with E-state index in [1.807, 2.05) is 24.3 Å². The van der Waals surface area contributed by atoms with E-state index in [0.29, 0.717) is 18.2 Å². The van der Waals surface area contributed by atoms with Crippen LogP contribution in [0, 0.1) is 5.82 Å². The first-order chi connectivity index (χ1) is 12.7. The number of hydrogen-bond acceptors (Lipinski definition) is 2. The number of aromatic nitrogens is 2. The Hall–Kier alpha value is -2.47. The van der Waals surface area contributed by atoms with Crippen molar-refractivity contribution in [1.82, 2.24) is 20.2 Å². The zero-order valence-corrected chi connectivity index (χ0v) is 15.7. The summed E-state index contributed by atoms with van der Waals surface area (Å²) in [5.74, 6) is 0.726. The van der Waals surface area contributed by atoms with Crippen LogP contribution in [0.4, 0.5) is 4.39 Å². The van der Waals surface area contributed by atoms with E-state index in [1.165, 1.54) is 12.1 Å². The number of H-pyrrole nitrogens is 1. The third-order valence-electron chi connectivity index (χ3n) is 4.14. The zero-order valence-electron chi connectivity index (χ0n) is 14.8. The van der Waals surface area contributed by atoms with Gasteiger partial charge in [-0.3, -0.25) is 0 Å². The maximum absolute atomic E-state index is 13.1. The first-order valence-corrected chi connectivity index (χ1v) is 9.27. The van der Waals surface area contributed by atoms with E-state index in [0.717, 1.165) is 41.8 Å². The molecule has 2 N–H and O–H groups in total. The Morgan fingerprint density at radius 1 is 1.19 bits per heavy atom. The molecule has 26 heavy (non-hydrogen) atoms. The Balaban J connectivity index is 1.54. The van der Waals surface area contributed by atoms with Gasteiger partial charge >= 0.3 is 0 Å². The third kappa shape index (κ3) is 4.79. The molecular weight excluding hydrogens is 347 g/mol. The van der Waals surface area contributed by atoms with Crippen molar-refractivity contribution in [2.24, 2.45) is 0 Å². The Labute approximate surface area is 158 Å². The number of nitrogens with one attached hydrogen (secondary N) is 2. The molecule has 6 heteroatoms. The summed E-state index contributed by atoms with van der Waals surface area (Å²) in [6.45, 7) is 4.36. The quantitative estimate of drug-likeness (QED) is 0.616. The minimum atomic E-state index is -0.220. The zero-order chi connectivity index (χ0) is 18.4. The molecule has 0 radical (unpaired) electrons. The number of benzene rings is 2. The van der Waals surface area contributed by atoms with Gasteiger partial charge in [0.05, 0.1) is 11.0 Å². The second kappa shape index (κ2) is 8.76. The summed E-state index contributed by atoms with van der Waals surface area (Å²) in [6.07, 6.45) is 1.76. The molecule has 0 aliphatic heterocycles. The fourth-order valence-corrected chi connectivity index (χ4v) is 3.11. The first kappa shape index (κ1) is 18.3. The van der Waals surface area contributed by atoms with Gasteiger partial charge in [0.15, 0.2) is 5.11 Å². The van der Waals surface area contributed by atoms with Gasteiger partial charge in [-0.2, -0.15) is 0 Å². The fraction of sp³-hybridized carbons (Fsp3) is 0.300. The number of rotatable bonds is 7. The molecule has 3 rings (SSSR count). The predicted octanol–water partition coefficient (Wildman–Crippen LogP) is 4.03. The topological polar surface area (TPSA) is 44.0 Å². The Kier molecular flexibility index (Phi) is 6.17. The number of para-hydroxylation sites is 2. The molecule has 136 valence electrons. The van der Waals surface area contributed by atoms with Crippen molar-refractivity contribution in [1.29, 1.82) is 0 Å². The minimum Gasteiger partial charge on any atom is -0.362 e. The normalized spacial score (nSPS) is 10.8. The monoisotopic (exact) mass is 370 g/mol. The molecule has 0 bridgehead atoms. The highest BCUT2D eigenvalue weighted by Crippen LogP contribution is 2.11. The molecule has 0 spiro atoms. The number of nitrogens with zero attached hydrogens (tertiary/aromatic N) is 2. The molecule has 0 amide bonds. The molecular formula is C20H23FN4S. The number of hydrogen-bond donors (Lipinski definition) is 2. The van der Waals surface area contributed by atoms with Crippen LogP contribution >= 0.6 is 12.2 Å². The summed E-state index contributed by atoms with van der Waals surface area (Å²) in [5.41, 5.74) is 3.07. The summed E-state index contributed by atoms with van der Waals surface area (Å²) >= 11 is 5.56. The van der Waals surface area contributed by atoms with E-state index < -0.39 is 0 Å². The van der Waals surface area contributed by atoms with Gasteiger partial charge in [0.25, 0.3) is 0 Å². The van der Waals surface area contributed by atoms with Crippen molar-refractivity contribution in [3.05, 3.63) is 65.7 Å². The number of fused-ring (bicyclic) bond motifs is 1. The van der Waals surface area contributed by atoms with Gasteiger partial charge in [0.2, 0.25) is 0 Å². The van der Waals surface area contributed by atoms with Crippen LogP contribution in [-0.2, 0) is 13.0 Å². The van der Waals surface area contributed by atoms with Crippen molar-refractivity contribution in [3.63, 3.8) is 0 Å². The summed E-state index contributed by atoms with van der Waals surface area (Å²) in [7, 11) is 0. The highest BCUT2D eigenvalue weighted by Gasteiger charge is 2.10. The van der Waals surface area contributed by atoms with Gasteiger partial charge in [0.1, 0.15) is 11.6 Å². The second-order valence-electron chi connectivity index (χ2n) is 6.23. The maximum atomic E-state index is 13.1. The van der Waals surface area contributed by atoms with Crippen LogP contribution in [0.2, 0.25) is 0 Å². The largest absolute Gasteiger partial charge is 0.362 e. The van der Waals surface area contributed by atoms with Crippen molar-refractivity contribution >= 4 is 28.4 Å². The summed E-state index contributed by atoms with van der Waals surface area (Å²) in [4.78, 5) is 10.0. The minimum absolute atomic E-state index is 0.220. The third-order valence-corrected chi connectivity index (χ3v) is 4.55. The molecule has 0 saturated carbocycles. The van der Waals surface area contributed by atoms with Crippen LogP contribution in [0.1, 0.15) is 24.7 Å². The number of halogens is 1. The van der Waals surface area contributed by atoms with Crippen molar-refractivity contribution in [3.8, 4) is 0 Å². The van der Waals surface area contributed by atoms with Gasteiger partial charge in [-0.25, -0.2) is 9.37 Å². The van der Waals surface area contributed by atoms with E-state index >= 15 is 0 Å².